The first kappa shape index (κ1) is 14.2. The number of carbonyl (C=O) groups excluding carboxylic acids is 2. The third-order valence-corrected chi connectivity index (χ3v) is 3.51. The van der Waals surface area contributed by atoms with Crippen molar-refractivity contribution in [3.05, 3.63) is 65.2 Å². The van der Waals surface area contributed by atoms with Crippen LogP contribution in [0.25, 0.3) is 0 Å². The fourth-order valence-corrected chi connectivity index (χ4v) is 2.34. The van der Waals surface area contributed by atoms with Crippen LogP contribution in [0.3, 0.4) is 0 Å². The smallest absolute Gasteiger partial charge is 0.277 e. The summed E-state index contributed by atoms with van der Waals surface area (Å²) >= 11 is 0. The maximum atomic E-state index is 12.1. The maximum Gasteiger partial charge on any atom is 0.277 e. The molecule has 0 aliphatic carbocycles. The highest BCUT2D eigenvalue weighted by Gasteiger charge is 2.18. The number of benzene rings is 2. The third kappa shape index (κ3) is 2.94. The zero-order valence-electron chi connectivity index (χ0n) is 11.8. The zero-order chi connectivity index (χ0) is 15.5. The number of nitrogens with zero attached hydrogens (tertiary/aromatic N) is 1. The number of anilines is 1. The van der Waals surface area contributed by atoms with Crippen LogP contribution >= 0.6 is 0 Å². The number of hydrogen-bond acceptors (Lipinski definition) is 3. The molecule has 2 amide bonds. The van der Waals surface area contributed by atoms with Crippen molar-refractivity contribution in [1.29, 1.82) is 0 Å². The van der Waals surface area contributed by atoms with Crippen LogP contribution in [0.2, 0.25) is 0 Å². The van der Waals surface area contributed by atoms with Crippen LogP contribution in [0.5, 0.6) is 0 Å². The summed E-state index contributed by atoms with van der Waals surface area (Å²) in [7, 11) is 0. The molecular weight excluding hydrogens is 278 g/mol. The van der Waals surface area contributed by atoms with Gasteiger partial charge in [-0.25, -0.2) is 4.99 Å². The monoisotopic (exact) mass is 293 g/mol. The number of aliphatic imine (C=N–C) groups is 1. The SMILES string of the molecule is NC(Cc1ccccc1)C(=O)Nc1ccc2c(c1)C=NC2=O. The van der Waals surface area contributed by atoms with E-state index in [1.54, 1.807) is 18.2 Å². The van der Waals surface area contributed by atoms with Gasteiger partial charge in [0.05, 0.1) is 11.6 Å². The largest absolute Gasteiger partial charge is 0.325 e. The predicted octanol–water partition coefficient (Wildman–Crippen LogP) is 1.77. The Morgan fingerprint density at radius 1 is 1.18 bits per heavy atom. The number of nitrogens with two attached hydrogens (primary N) is 1. The van der Waals surface area contributed by atoms with Crippen molar-refractivity contribution >= 4 is 23.7 Å². The minimum absolute atomic E-state index is 0.256. The summed E-state index contributed by atoms with van der Waals surface area (Å²) in [5.74, 6) is -0.515. The van der Waals surface area contributed by atoms with E-state index in [4.69, 9.17) is 5.73 Å². The average Bonchev–Trinajstić information content (AvgIpc) is 2.89. The lowest BCUT2D eigenvalue weighted by Gasteiger charge is -2.13. The Kier molecular flexibility index (Phi) is 3.80. The fraction of sp³-hybridized carbons (Fsp3) is 0.118. The molecule has 3 rings (SSSR count). The molecule has 0 aromatic heterocycles. The summed E-state index contributed by atoms with van der Waals surface area (Å²) in [4.78, 5) is 27.3. The molecule has 2 aromatic carbocycles. The van der Waals surface area contributed by atoms with Crippen molar-refractivity contribution in [3.63, 3.8) is 0 Å². The van der Waals surface area contributed by atoms with Gasteiger partial charge in [0.1, 0.15) is 0 Å². The summed E-state index contributed by atoms with van der Waals surface area (Å²) in [5, 5.41) is 2.77. The van der Waals surface area contributed by atoms with Crippen LogP contribution in [0, 0.1) is 0 Å². The van der Waals surface area contributed by atoms with Crippen molar-refractivity contribution in [2.45, 2.75) is 12.5 Å². The summed E-state index contributed by atoms with van der Waals surface area (Å²) in [6.45, 7) is 0. The molecule has 3 N–H and O–H groups in total. The van der Waals surface area contributed by atoms with Crippen molar-refractivity contribution in [2.24, 2.45) is 10.7 Å². The standard InChI is InChI=1S/C17H15N3O2/c18-15(8-11-4-2-1-3-5-11)17(22)20-13-6-7-14-12(9-13)10-19-16(14)21/h1-7,9-10,15H,8,18H2,(H,20,22). The predicted molar refractivity (Wildman–Crippen MR) is 85.1 cm³/mol. The van der Waals surface area contributed by atoms with E-state index in [9.17, 15) is 9.59 Å². The van der Waals surface area contributed by atoms with E-state index >= 15 is 0 Å². The molecule has 0 fully saturated rings. The van der Waals surface area contributed by atoms with Crippen LogP contribution in [0.1, 0.15) is 21.5 Å². The van der Waals surface area contributed by atoms with Gasteiger partial charge in [0.25, 0.3) is 5.91 Å². The van der Waals surface area contributed by atoms with Crippen LogP contribution < -0.4 is 11.1 Å². The minimum Gasteiger partial charge on any atom is -0.325 e. The van der Waals surface area contributed by atoms with E-state index < -0.39 is 6.04 Å². The van der Waals surface area contributed by atoms with E-state index in [-0.39, 0.29) is 11.8 Å². The van der Waals surface area contributed by atoms with Gasteiger partial charge in [-0.05, 0) is 30.2 Å². The number of amides is 2. The van der Waals surface area contributed by atoms with Gasteiger partial charge in [0, 0.05) is 17.5 Å². The van der Waals surface area contributed by atoms with Gasteiger partial charge in [-0.1, -0.05) is 30.3 Å². The first-order chi connectivity index (χ1) is 10.6. The van der Waals surface area contributed by atoms with Crippen LogP contribution in [-0.2, 0) is 11.2 Å². The quantitative estimate of drug-likeness (QED) is 0.901. The Morgan fingerprint density at radius 3 is 2.73 bits per heavy atom. The van der Waals surface area contributed by atoms with Gasteiger partial charge >= 0.3 is 0 Å². The molecule has 0 saturated heterocycles. The zero-order valence-corrected chi connectivity index (χ0v) is 11.8. The van der Waals surface area contributed by atoms with Crippen molar-refractivity contribution in [2.75, 3.05) is 5.32 Å². The summed E-state index contributed by atoms with van der Waals surface area (Å²) < 4.78 is 0. The summed E-state index contributed by atoms with van der Waals surface area (Å²) in [5.41, 5.74) is 8.81. The van der Waals surface area contributed by atoms with Gasteiger partial charge in [0.2, 0.25) is 5.91 Å². The van der Waals surface area contributed by atoms with Gasteiger partial charge in [0.15, 0.2) is 0 Å². The Hall–Kier alpha value is -2.79. The summed E-state index contributed by atoms with van der Waals surface area (Å²) in [6.07, 6.45) is 1.97. The molecule has 0 spiro atoms. The molecule has 1 atom stereocenters. The first-order valence-electron chi connectivity index (χ1n) is 6.96. The highest BCUT2D eigenvalue weighted by atomic mass is 16.2. The van der Waals surface area contributed by atoms with E-state index in [2.05, 4.69) is 10.3 Å². The number of nitrogens with one attached hydrogen (secondary N) is 1. The minimum atomic E-state index is -0.633. The molecule has 0 radical (unpaired) electrons. The topological polar surface area (TPSA) is 84.6 Å². The molecule has 110 valence electrons. The maximum absolute atomic E-state index is 12.1. The fourth-order valence-electron chi connectivity index (χ4n) is 2.34. The second kappa shape index (κ2) is 5.91. The van der Waals surface area contributed by atoms with Crippen molar-refractivity contribution < 1.29 is 9.59 Å². The number of hydrogen-bond donors (Lipinski definition) is 2. The van der Waals surface area contributed by atoms with Gasteiger partial charge in [-0.15, -0.1) is 0 Å². The average molecular weight is 293 g/mol. The number of fused-ring (bicyclic) bond motifs is 1. The van der Waals surface area contributed by atoms with E-state index in [0.29, 0.717) is 23.2 Å². The van der Waals surface area contributed by atoms with Crippen LogP contribution in [-0.4, -0.2) is 24.1 Å². The number of carbonyl (C=O) groups is 2. The second-order valence-corrected chi connectivity index (χ2v) is 5.15. The van der Waals surface area contributed by atoms with Crippen LogP contribution in [0.4, 0.5) is 5.69 Å². The Labute approximate surface area is 127 Å². The highest BCUT2D eigenvalue weighted by molar-refractivity contribution is 6.13. The van der Waals surface area contributed by atoms with E-state index in [0.717, 1.165) is 5.56 Å². The lowest BCUT2D eigenvalue weighted by Crippen LogP contribution is -2.37. The van der Waals surface area contributed by atoms with Crippen LogP contribution in [0.15, 0.2) is 53.5 Å². The highest BCUT2D eigenvalue weighted by Crippen LogP contribution is 2.19. The molecule has 0 saturated carbocycles. The van der Waals surface area contributed by atoms with Crippen molar-refractivity contribution in [1.82, 2.24) is 0 Å². The first-order valence-corrected chi connectivity index (χ1v) is 6.96. The molecule has 0 bridgehead atoms. The van der Waals surface area contributed by atoms with Crippen molar-refractivity contribution in [3.8, 4) is 0 Å². The lowest BCUT2D eigenvalue weighted by atomic mass is 10.1. The molecule has 5 nitrogen and oxygen atoms in total. The normalized spacial score (nSPS) is 13.8. The Bertz CT molecular complexity index is 754. The summed E-state index contributed by atoms with van der Waals surface area (Å²) in [6, 6.07) is 14.0. The number of rotatable bonds is 4. The molecule has 1 aliphatic rings. The molecule has 5 heteroatoms. The lowest BCUT2D eigenvalue weighted by molar-refractivity contribution is -0.117. The Morgan fingerprint density at radius 2 is 1.95 bits per heavy atom. The van der Waals surface area contributed by atoms with E-state index in [1.807, 2.05) is 30.3 Å². The van der Waals surface area contributed by atoms with Gasteiger partial charge in [-0.2, -0.15) is 0 Å². The molecule has 1 aliphatic heterocycles. The molecule has 22 heavy (non-hydrogen) atoms. The van der Waals surface area contributed by atoms with E-state index in [1.165, 1.54) is 6.21 Å². The molecule has 1 heterocycles. The Balaban J connectivity index is 1.67. The van der Waals surface area contributed by atoms with Gasteiger partial charge in [-0.3, -0.25) is 9.59 Å². The second-order valence-electron chi connectivity index (χ2n) is 5.15. The molecular formula is C17H15N3O2. The molecule has 2 aromatic rings. The third-order valence-electron chi connectivity index (χ3n) is 3.51. The van der Waals surface area contributed by atoms with Gasteiger partial charge < -0.3 is 11.1 Å². The molecule has 1 unspecified atom stereocenters.